The summed E-state index contributed by atoms with van der Waals surface area (Å²) < 4.78 is 9.94. The van der Waals surface area contributed by atoms with Crippen LogP contribution < -0.4 is 15.4 Å². The number of methoxy groups -OCH3 is 1. The molecule has 0 bridgehead atoms. The van der Waals surface area contributed by atoms with E-state index in [0.29, 0.717) is 18.1 Å². The van der Waals surface area contributed by atoms with Crippen molar-refractivity contribution in [2.24, 2.45) is 0 Å². The van der Waals surface area contributed by atoms with Gasteiger partial charge in [0.2, 0.25) is 5.91 Å². The molecule has 6 heteroatoms. The van der Waals surface area contributed by atoms with E-state index in [0.717, 1.165) is 11.3 Å². The predicted molar refractivity (Wildman–Crippen MR) is 74.6 cm³/mol. The van der Waals surface area contributed by atoms with E-state index in [1.165, 1.54) is 0 Å². The third-order valence-electron chi connectivity index (χ3n) is 2.67. The zero-order valence-electron chi connectivity index (χ0n) is 11.5. The Hall–Kier alpha value is -2.34. The van der Waals surface area contributed by atoms with Crippen LogP contribution in [0.3, 0.4) is 0 Å². The van der Waals surface area contributed by atoms with Crippen molar-refractivity contribution in [2.75, 3.05) is 19.0 Å². The molecule has 1 aromatic carbocycles. The number of hydrogen-bond acceptors (Lipinski definition) is 5. The first-order chi connectivity index (χ1) is 9.67. The van der Waals surface area contributed by atoms with E-state index in [4.69, 9.17) is 9.26 Å². The summed E-state index contributed by atoms with van der Waals surface area (Å²) in [6.45, 7) is 2.58. The Morgan fingerprint density at radius 3 is 2.70 bits per heavy atom. The quantitative estimate of drug-likeness (QED) is 0.839. The van der Waals surface area contributed by atoms with Gasteiger partial charge in [0.15, 0.2) is 5.82 Å². The number of hydrogen-bond donors (Lipinski definition) is 2. The Balaban J connectivity index is 1.73. The van der Waals surface area contributed by atoms with Crippen LogP contribution in [0.4, 0.5) is 5.82 Å². The lowest BCUT2D eigenvalue weighted by atomic mass is 10.2. The van der Waals surface area contributed by atoms with E-state index in [2.05, 4.69) is 15.8 Å². The second kappa shape index (κ2) is 6.72. The summed E-state index contributed by atoms with van der Waals surface area (Å²) in [4.78, 5) is 11.6. The first-order valence-corrected chi connectivity index (χ1v) is 6.24. The molecular formula is C14H17N3O3. The first-order valence-electron chi connectivity index (χ1n) is 6.24. The molecule has 0 atom stereocenters. The molecular weight excluding hydrogens is 258 g/mol. The van der Waals surface area contributed by atoms with Gasteiger partial charge in [-0.3, -0.25) is 4.79 Å². The Labute approximate surface area is 117 Å². The second-order valence-electron chi connectivity index (χ2n) is 4.32. The van der Waals surface area contributed by atoms with Crippen LogP contribution in [0.5, 0.6) is 5.75 Å². The Morgan fingerprint density at radius 1 is 1.35 bits per heavy atom. The largest absolute Gasteiger partial charge is 0.497 e. The second-order valence-corrected chi connectivity index (χ2v) is 4.32. The molecule has 20 heavy (non-hydrogen) atoms. The summed E-state index contributed by atoms with van der Waals surface area (Å²) in [6, 6.07) is 9.33. The number of aryl methyl sites for hydroxylation is 1. The molecule has 2 N–H and O–H groups in total. The molecule has 0 aliphatic rings. The minimum absolute atomic E-state index is 0.160. The van der Waals surface area contributed by atoms with Gasteiger partial charge in [-0.25, -0.2) is 0 Å². The minimum Gasteiger partial charge on any atom is -0.497 e. The van der Waals surface area contributed by atoms with E-state index in [9.17, 15) is 4.79 Å². The summed E-state index contributed by atoms with van der Waals surface area (Å²) in [6.07, 6.45) is 0. The average Bonchev–Trinajstić information content (AvgIpc) is 2.85. The lowest BCUT2D eigenvalue weighted by Gasteiger charge is -2.05. The summed E-state index contributed by atoms with van der Waals surface area (Å²) in [5.74, 6) is 1.74. The average molecular weight is 275 g/mol. The molecule has 106 valence electrons. The fraction of sp³-hybridized carbons (Fsp3) is 0.286. The van der Waals surface area contributed by atoms with Gasteiger partial charge in [0.1, 0.15) is 11.5 Å². The normalized spacial score (nSPS) is 10.3. The zero-order valence-corrected chi connectivity index (χ0v) is 11.5. The number of ether oxygens (including phenoxy) is 1. The number of amides is 1. The summed E-state index contributed by atoms with van der Waals surface area (Å²) in [7, 11) is 1.63. The van der Waals surface area contributed by atoms with Crippen molar-refractivity contribution < 1.29 is 14.1 Å². The Morgan fingerprint density at radius 2 is 2.10 bits per heavy atom. The number of aromatic nitrogens is 1. The molecule has 1 aromatic heterocycles. The fourth-order valence-electron chi connectivity index (χ4n) is 1.68. The predicted octanol–water partition coefficient (Wildman–Crippen LogP) is 1.72. The van der Waals surface area contributed by atoms with Gasteiger partial charge >= 0.3 is 0 Å². The highest BCUT2D eigenvalue weighted by atomic mass is 16.5. The van der Waals surface area contributed by atoms with E-state index in [1.54, 1.807) is 20.1 Å². The SMILES string of the molecule is COc1ccc(CNCC(=O)Nc2cc(C)on2)cc1. The number of carbonyl (C=O) groups is 1. The van der Waals surface area contributed by atoms with Crippen LogP contribution in [0.1, 0.15) is 11.3 Å². The number of nitrogens with one attached hydrogen (secondary N) is 2. The van der Waals surface area contributed by atoms with E-state index in [1.807, 2.05) is 24.3 Å². The van der Waals surface area contributed by atoms with E-state index < -0.39 is 0 Å². The molecule has 0 spiro atoms. The summed E-state index contributed by atoms with van der Waals surface area (Å²) in [5.41, 5.74) is 1.08. The maximum absolute atomic E-state index is 11.6. The van der Waals surface area contributed by atoms with Crippen LogP contribution >= 0.6 is 0 Å². The van der Waals surface area contributed by atoms with Gasteiger partial charge in [-0.1, -0.05) is 17.3 Å². The van der Waals surface area contributed by atoms with E-state index in [-0.39, 0.29) is 12.5 Å². The molecule has 0 aliphatic carbocycles. The molecule has 1 amide bonds. The van der Waals surface area contributed by atoms with Crippen LogP contribution in [-0.2, 0) is 11.3 Å². The summed E-state index contributed by atoms with van der Waals surface area (Å²) in [5, 5.41) is 9.39. The number of rotatable bonds is 6. The smallest absolute Gasteiger partial charge is 0.239 e. The van der Waals surface area contributed by atoms with Gasteiger partial charge in [0.05, 0.1) is 13.7 Å². The van der Waals surface area contributed by atoms with Crippen LogP contribution in [0.2, 0.25) is 0 Å². The molecule has 0 aliphatic heterocycles. The third kappa shape index (κ3) is 4.10. The van der Waals surface area contributed by atoms with E-state index >= 15 is 0 Å². The van der Waals surface area contributed by atoms with Crippen LogP contribution in [0, 0.1) is 6.92 Å². The minimum atomic E-state index is -0.160. The van der Waals surface area contributed by atoms with Gasteiger partial charge < -0.3 is 19.9 Å². The topological polar surface area (TPSA) is 76.4 Å². The molecule has 2 rings (SSSR count). The van der Waals surface area contributed by atoms with Crippen molar-refractivity contribution >= 4 is 11.7 Å². The monoisotopic (exact) mass is 275 g/mol. The highest BCUT2D eigenvalue weighted by Gasteiger charge is 2.05. The van der Waals surface area contributed by atoms with Gasteiger partial charge in [-0.2, -0.15) is 0 Å². The third-order valence-corrected chi connectivity index (χ3v) is 2.67. The molecule has 0 saturated carbocycles. The molecule has 0 saturated heterocycles. The standard InChI is InChI=1S/C14H17N3O3/c1-10-7-13(17-20-10)16-14(18)9-15-8-11-3-5-12(19-2)6-4-11/h3-7,15H,8-9H2,1-2H3,(H,16,17,18). The van der Waals surface area contributed by atoms with Gasteiger partial charge in [-0.15, -0.1) is 0 Å². The maximum Gasteiger partial charge on any atom is 0.239 e. The van der Waals surface area contributed by atoms with Crippen molar-refractivity contribution in [3.05, 3.63) is 41.7 Å². The maximum atomic E-state index is 11.6. The summed E-state index contributed by atoms with van der Waals surface area (Å²) >= 11 is 0. The van der Waals surface area contributed by atoms with Crippen molar-refractivity contribution in [1.29, 1.82) is 0 Å². The number of anilines is 1. The number of nitrogens with zero attached hydrogens (tertiary/aromatic N) is 1. The van der Waals surface area contributed by atoms with Crippen molar-refractivity contribution in [3.63, 3.8) is 0 Å². The lowest BCUT2D eigenvalue weighted by Crippen LogP contribution is -2.27. The van der Waals surface area contributed by atoms with Crippen molar-refractivity contribution in [2.45, 2.75) is 13.5 Å². The molecule has 0 radical (unpaired) electrons. The van der Waals surface area contributed by atoms with Gasteiger partial charge in [-0.05, 0) is 24.6 Å². The van der Waals surface area contributed by atoms with Crippen LogP contribution in [-0.4, -0.2) is 24.7 Å². The zero-order chi connectivity index (χ0) is 14.4. The van der Waals surface area contributed by atoms with Crippen LogP contribution in [0.15, 0.2) is 34.9 Å². The number of benzene rings is 1. The Kier molecular flexibility index (Phi) is 4.73. The van der Waals surface area contributed by atoms with Gasteiger partial charge in [0.25, 0.3) is 0 Å². The highest BCUT2D eigenvalue weighted by molar-refractivity contribution is 5.91. The van der Waals surface area contributed by atoms with Crippen molar-refractivity contribution in [3.8, 4) is 5.75 Å². The lowest BCUT2D eigenvalue weighted by molar-refractivity contribution is -0.115. The first kappa shape index (κ1) is 14.1. The molecule has 0 fully saturated rings. The molecule has 0 unspecified atom stereocenters. The molecule has 2 aromatic rings. The molecule has 1 heterocycles. The van der Waals surface area contributed by atoms with Gasteiger partial charge in [0, 0.05) is 12.6 Å². The Bertz CT molecular complexity index is 563. The molecule has 6 nitrogen and oxygen atoms in total. The highest BCUT2D eigenvalue weighted by Crippen LogP contribution is 2.11. The van der Waals surface area contributed by atoms with Crippen LogP contribution in [0.25, 0.3) is 0 Å². The fourth-order valence-corrected chi connectivity index (χ4v) is 1.68. The number of carbonyl (C=O) groups excluding carboxylic acids is 1. The van der Waals surface area contributed by atoms with Crippen molar-refractivity contribution in [1.82, 2.24) is 10.5 Å².